The van der Waals surface area contributed by atoms with Gasteiger partial charge in [0.15, 0.2) is 6.61 Å². The number of carbonyl (C=O) groups is 1. The van der Waals surface area contributed by atoms with Crippen molar-refractivity contribution in [2.75, 3.05) is 6.61 Å². The standard InChI is InChI=1S/C19H22BrNO2/c1-12-5-7-17(13(2)9-12)15(4)21-19(22)11-23-16-6-8-18(20)14(3)10-16/h5-10,15H,11H2,1-4H3,(H,21,22)/t15-/m1/s1. The van der Waals surface area contributed by atoms with Crippen molar-refractivity contribution in [1.82, 2.24) is 5.32 Å². The molecular formula is C19H22BrNO2. The molecule has 1 N–H and O–H groups in total. The summed E-state index contributed by atoms with van der Waals surface area (Å²) >= 11 is 3.44. The molecule has 2 aromatic rings. The number of nitrogens with one attached hydrogen (secondary N) is 1. The van der Waals surface area contributed by atoms with Gasteiger partial charge in [0, 0.05) is 4.47 Å². The predicted octanol–water partition coefficient (Wildman–Crippen LogP) is 4.63. The molecule has 0 aliphatic heterocycles. The fourth-order valence-corrected chi connectivity index (χ4v) is 2.77. The van der Waals surface area contributed by atoms with Crippen molar-refractivity contribution in [3.63, 3.8) is 0 Å². The van der Waals surface area contributed by atoms with E-state index in [1.54, 1.807) is 0 Å². The van der Waals surface area contributed by atoms with E-state index < -0.39 is 0 Å². The minimum absolute atomic E-state index is 0.0102. The van der Waals surface area contributed by atoms with Gasteiger partial charge in [-0.3, -0.25) is 4.79 Å². The molecule has 2 rings (SSSR count). The molecule has 0 radical (unpaired) electrons. The Labute approximate surface area is 146 Å². The van der Waals surface area contributed by atoms with Crippen LogP contribution in [-0.2, 0) is 4.79 Å². The molecule has 3 nitrogen and oxygen atoms in total. The van der Waals surface area contributed by atoms with Gasteiger partial charge in [-0.1, -0.05) is 39.7 Å². The molecule has 0 unspecified atom stereocenters. The van der Waals surface area contributed by atoms with Gasteiger partial charge in [0.2, 0.25) is 0 Å². The van der Waals surface area contributed by atoms with Crippen molar-refractivity contribution in [3.05, 3.63) is 63.1 Å². The van der Waals surface area contributed by atoms with Gasteiger partial charge in [0.1, 0.15) is 5.75 Å². The fourth-order valence-electron chi connectivity index (χ4n) is 2.53. The highest BCUT2D eigenvalue weighted by Gasteiger charge is 2.12. The summed E-state index contributed by atoms with van der Waals surface area (Å²) in [6.45, 7) is 8.11. The van der Waals surface area contributed by atoms with Gasteiger partial charge < -0.3 is 10.1 Å². The molecule has 0 aliphatic rings. The second-order valence-electron chi connectivity index (χ2n) is 5.85. The van der Waals surface area contributed by atoms with Crippen LogP contribution in [0.1, 0.15) is 35.2 Å². The van der Waals surface area contributed by atoms with Gasteiger partial charge in [0.25, 0.3) is 5.91 Å². The first kappa shape index (κ1) is 17.5. The van der Waals surface area contributed by atoms with E-state index in [0.717, 1.165) is 15.6 Å². The Hall–Kier alpha value is -1.81. The lowest BCUT2D eigenvalue weighted by atomic mass is 10.0. The average molecular weight is 376 g/mol. The van der Waals surface area contributed by atoms with E-state index in [1.165, 1.54) is 11.1 Å². The van der Waals surface area contributed by atoms with E-state index in [4.69, 9.17) is 4.74 Å². The molecule has 1 amide bonds. The van der Waals surface area contributed by atoms with Crippen molar-refractivity contribution < 1.29 is 9.53 Å². The third-order valence-corrected chi connectivity index (χ3v) is 4.66. The summed E-state index contributed by atoms with van der Waals surface area (Å²) in [6.07, 6.45) is 0. The molecule has 23 heavy (non-hydrogen) atoms. The Bertz CT molecular complexity index is 713. The van der Waals surface area contributed by atoms with Crippen LogP contribution >= 0.6 is 15.9 Å². The molecule has 0 aliphatic carbocycles. The van der Waals surface area contributed by atoms with Crippen molar-refractivity contribution in [1.29, 1.82) is 0 Å². The first-order chi connectivity index (χ1) is 10.9. The molecule has 2 aromatic carbocycles. The zero-order valence-corrected chi connectivity index (χ0v) is 15.5. The van der Waals surface area contributed by atoms with Crippen LogP contribution in [0.15, 0.2) is 40.9 Å². The minimum Gasteiger partial charge on any atom is -0.484 e. The summed E-state index contributed by atoms with van der Waals surface area (Å²) in [6, 6.07) is 11.9. The maximum Gasteiger partial charge on any atom is 0.258 e. The van der Waals surface area contributed by atoms with Gasteiger partial charge in [-0.2, -0.15) is 0 Å². The number of benzene rings is 2. The van der Waals surface area contributed by atoms with Gasteiger partial charge in [-0.05, 0) is 62.6 Å². The van der Waals surface area contributed by atoms with E-state index in [9.17, 15) is 4.79 Å². The Morgan fingerprint density at radius 3 is 2.52 bits per heavy atom. The second kappa shape index (κ2) is 7.64. The first-order valence-corrected chi connectivity index (χ1v) is 8.41. The molecule has 0 saturated heterocycles. The first-order valence-electron chi connectivity index (χ1n) is 7.62. The Morgan fingerprint density at radius 1 is 1.13 bits per heavy atom. The number of aryl methyl sites for hydroxylation is 3. The van der Waals surface area contributed by atoms with Crippen LogP contribution in [0, 0.1) is 20.8 Å². The SMILES string of the molecule is Cc1ccc([C@@H](C)NC(=O)COc2ccc(Br)c(C)c2)c(C)c1. The third-order valence-electron chi connectivity index (χ3n) is 3.77. The number of halogens is 1. The lowest BCUT2D eigenvalue weighted by Gasteiger charge is -2.17. The number of hydrogen-bond acceptors (Lipinski definition) is 2. The smallest absolute Gasteiger partial charge is 0.258 e. The zero-order valence-electron chi connectivity index (χ0n) is 13.9. The summed E-state index contributed by atoms with van der Waals surface area (Å²) in [4.78, 5) is 12.1. The van der Waals surface area contributed by atoms with E-state index in [1.807, 2.05) is 32.0 Å². The van der Waals surface area contributed by atoms with Crippen LogP contribution in [0.2, 0.25) is 0 Å². The number of rotatable bonds is 5. The molecule has 122 valence electrons. The Morgan fingerprint density at radius 2 is 1.87 bits per heavy atom. The number of carbonyl (C=O) groups excluding carboxylic acids is 1. The van der Waals surface area contributed by atoms with Crippen LogP contribution in [0.5, 0.6) is 5.75 Å². The summed E-state index contributed by atoms with van der Waals surface area (Å²) in [5, 5.41) is 2.98. The molecule has 0 bridgehead atoms. The maximum absolute atomic E-state index is 12.1. The highest BCUT2D eigenvalue weighted by atomic mass is 79.9. The Kier molecular flexibility index (Phi) is 5.83. The predicted molar refractivity (Wildman–Crippen MR) is 96.8 cm³/mol. The van der Waals surface area contributed by atoms with E-state index >= 15 is 0 Å². The molecule has 0 fully saturated rings. The van der Waals surface area contributed by atoms with Crippen LogP contribution in [0.25, 0.3) is 0 Å². The molecule has 0 heterocycles. The third kappa shape index (κ3) is 4.83. The van der Waals surface area contributed by atoms with Crippen molar-refractivity contribution in [2.45, 2.75) is 33.7 Å². The summed E-state index contributed by atoms with van der Waals surface area (Å²) in [5.74, 6) is 0.568. The topological polar surface area (TPSA) is 38.3 Å². The average Bonchev–Trinajstić information content (AvgIpc) is 2.48. The summed E-state index contributed by atoms with van der Waals surface area (Å²) in [5.41, 5.74) is 4.61. The van der Waals surface area contributed by atoms with Gasteiger partial charge >= 0.3 is 0 Å². The quantitative estimate of drug-likeness (QED) is 0.826. The number of hydrogen-bond donors (Lipinski definition) is 1. The maximum atomic E-state index is 12.1. The minimum atomic E-state index is -0.127. The van der Waals surface area contributed by atoms with Crippen molar-refractivity contribution >= 4 is 21.8 Å². The zero-order chi connectivity index (χ0) is 17.0. The van der Waals surface area contributed by atoms with Gasteiger partial charge in [0.05, 0.1) is 6.04 Å². The summed E-state index contributed by atoms with van der Waals surface area (Å²) < 4.78 is 6.58. The fraction of sp³-hybridized carbons (Fsp3) is 0.316. The molecule has 0 saturated carbocycles. The molecule has 0 aromatic heterocycles. The van der Waals surface area contributed by atoms with Crippen LogP contribution in [0.4, 0.5) is 0 Å². The normalized spacial score (nSPS) is 11.9. The Balaban J connectivity index is 1.92. The van der Waals surface area contributed by atoms with Crippen molar-refractivity contribution in [3.8, 4) is 5.75 Å². The van der Waals surface area contributed by atoms with E-state index in [0.29, 0.717) is 5.75 Å². The van der Waals surface area contributed by atoms with Crippen molar-refractivity contribution in [2.24, 2.45) is 0 Å². The van der Waals surface area contributed by atoms with Crippen LogP contribution in [0.3, 0.4) is 0 Å². The summed E-state index contributed by atoms with van der Waals surface area (Å²) in [7, 11) is 0. The van der Waals surface area contributed by atoms with E-state index in [-0.39, 0.29) is 18.6 Å². The molecule has 0 spiro atoms. The lowest BCUT2D eigenvalue weighted by Crippen LogP contribution is -2.31. The lowest BCUT2D eigenvalue weighted by molar-refractivity contribution is -0.123. The number of amides is 1. The highest BCUT2D eigenvalue weighted by Crippen LogP contribution is 2.22. The van der Waals surface area contributed by atoms with Crippen LogP contribution < -0.4 is 10.1 Å². The molecule has 1 atom stereocenters. The van der Waals surface area contributed by atoms with E-state index in [2.05, 4.69) is 53.3 Å². The molecular weight excluding hydrogens is 354 g/mol. The monoisotopic (exact) mass is 375 g/mol. The largest absolute Gasteiger partial charge is 0.484 e. The van der Waals surface area contributed by atoms with Crippen LogP contribution in [-0.4, -0.2) is 12.5 Å². The van der Waals surface area contributed by atoms with Gasteiger partial charge in [-0.15, -0.1) is 0 Å². The molecule has 4 heteroatoms. The van der Waals surface area contributed by atoms with Gasteiger partial charge in [-0.25, -0.2) is 0 Å². The highest BCUT2D eigenvalue weighted by molar-refractivity contribution is 9.10. The number of ether oxygens (including phenoxy) is 1. The second-order valence-corrected chi connectivity index (χ2v) is 6.70.